The van der Waals surface area contributed by atoms with Crippen LogP contribution in [0.2, 0.25) is 0 Å². The molecule has 0 aliphatic heterocycles. The fraction of sp³-hybridized carbons (Fsp3) is 0.562. The molecule has 0 radical (unpaired) electrons. The highest BCUT2D eigenvalue weighted by Gasteiger charge is 2.47. The van der Waals surface area contributed by atoms with E-state index in [4.69, 9.17) is 9.47 Å². The molecule has 0 bridgehead atoms. The van der Waals surface area contributed by atoms with Crippen LogP contribution in [0.4, 0.5) is 0 Å². The molecule has 0 heterocycles. The topological polar surface area (TPSA) is 69.7 Å². The summed E-state index contributed by atoms with van der Waals surface area (Å²) in [5.74, 6) is -1.21. The van der Waals surface area contributed by atoms with Crippen LogP contribution in [0.25, 0.3) is 0 Å². The highest BCUT2D eigenvalue weighted by molar-refractivity contribution is 6.00. The predicted octanol–water partition coefficient (Wildman–Crippen LogP) is 2.21. The summed E-state index contributed by atoms with van der Waals surface area (Å²) in [7, 11) is 2.47. The maximum atomic E-state index is 12.1. The molecule has 1 aliphatic carbocycles. The van der Waals surface area contributed by atoms with Gasteiger partial charge in [0.25, 0.3) is 0 Å². The molecule has 5 nitrogen and oxygen atoms in total. The zero-order valence-electron chi connectivity index (χ0n) is 12.8. The van der Waals surface area contributed by atoms with Crippen LogP contribution in [0.15, 0.2) is 24.3 Å². The molecule has 1 rings (SSSR count). The van der Waals surface area contributed by atoms with Gasteiger partial charge in [0.1, 0.15) is 5.78 Å². The van der Waals surface area contributed by atoms with Crippen molar-refractivity contribution >= 4 is 17.7 Å². The fourth-order valence-corrected chi connectivity index (χ4v) is 2.44. The Hall–Kier alpha value is -1.91. The number of carbonyl (C=O) groups excluding carboxylic acids is 3. The zero-order chi connectivity index (χ0) is 16.0. The van der Waals surface area contributed by atoms with E-state index >= 15 is 0 Å². The highest BCUT2D eigenvalue weighted by Crippen LogP contribution is 2.34. The van der Waals surface area contributed by atoms with Crippen molar-refractivity contribution < 1.29 is 23.9 Å². The summed E-state index contributed by atoms with van der Waals surface area (Å²) in [6.45, 7) is 5.50. The van der Waals surface area contributed by atoms with Gasteiger partial charge in [-0.3, -0.25) is 14.4 Å². The van der Waals surface area contributed by atoms with Crippen LogP contribution in [-0.2, 0) is 23.9 Å². The third-order valence-electron chi connectivity index (χ3n) is 3.71. The number of rotatable bonds is 7. The van der Waals surface area contributed by atoms with Gasteiger partial charge in [-0.15, -0.1) is 6.58 Å². The standard InChI is InChI=1S/C16H22O5/c1-11(2)10-16(14(18)20-3,15(19)21-4)9-5-6-12-7-8-13(12)17/h5-6,12H,1,7-10H2,2-4H3/b6-5+. The third kappa shape index (κ3) is 3.80. The van der Waals surface area contributed by atoms with Crippen LogP contribution in [0.3, 0.4) is 0 Å². The van der Waals surface area contributed by atoms with Gasteiger partial charge < -0.3 is 9.47 Å². The number of carbonyl (C=O) groups is 3. The second kappa shape index (κ2) is 7.20. The lowest BCUT2D eigenvalue weighted by Gasteiger charge is -2.27. The second-order valence-electron chi connectivity index (χ2n) is 5.44. The predicted molar refractivity (Wildman–Crippen MR) is 77.4 cm³/mol. The van der Waals surface area contributed by atoms with E-state index in [0.29, 0.717) is 12.0 Å². The highest BCUT2D eigenvalue weighted by atomic mass is 16.5. The molecule has 21 heavy (non-hydrogen) atoms. The lowest BCUT2D eigenvalue weighted by atomic mass is 9.77. The summed E-state index contributed by atoms with van der Waals surface area (Å²) >= 11 is 0. The molecule has 116 valence electrons. The first-order chi connectivity index (χ1) is 9.87. The largest absolute Gasteiger partial charge is 0.468 e. The molecule has 0 spiro atoms. The first-order valence-electron chi connectivity index (χ1n) is 6.88. The maximum absolute atomic E-state index is 12.1. The minimum Gasteiger partial charge on any atom is -0.468 e. The number of methoxy groups -OCH3 is 2. The smallest absolute Gasteiger partial charge is 0.323 e. The van der Waals surface area contributed by atoms with Gasteiger partial charge >= 0.3 is 11.9 Å². The van der Waals surface area contributed by atoms with Crippen LogP contribution < -0.4 is 0 Å². The lowest BCUT2D eigenvalue weighted by Crippen LogP contribution is -2.41. The Balaban J connectivity index is 2.97. The molecule has 1 fully saturated rings. The van der Waals surface area contributed by atoms with Crippen molar-refractivity contribution in [2.75, 3.05) is 14.2 Å². The molecule has 5 heteroatoms. The average molecular weight is 294 g/mol. The molecular weight excluding hydrogens is 272 g/mol. The van der Waals surface area contributed by atoms with Gasteiger partial charge in [0.05, 0.1) is 14.2 Å². The van der Waals surface area contributed by atoms with E-state index in [2.05, 4.69) is 6.58 Å². The molecule has 0 aromatic rings. The number of ketones is 1. The Morgan fingerprint density at radius 2 is 1.90 bits per heavy atom. The number of hydrogen-bond donors (Lipinski definition) is 0. The Morgan fingerprint density at radius 3 is 2.24 bits per heavy atom. The molecule has 1 saturated carbocycles. The van der Waals surface area contributed by atoms with Crippen molar-refractivity contribution in [3.05, 3.63) is 24.3 Å². The molecule has 1 aliphatic rings. The quantitative estimate of drug-likeness (QED) is 0.409. The molecule has 0 aromatic carbocycles. The van der Waals surface area contributed by atoms with Crippen LogP contribution >= 0.6 is 0 Å². The van der Waals surface area contributed by atoms with Crippen molar-refractivity contribution in [2.24, 2.45) is 11.3 Å². The van der Waals surface area contributed by atoms with E-state index in [9.17, 15) is 14.4 Å². The Bertz CT molecular complexity index is 459. The van der Waals surface area contributed by atoms with Crippen LogP contribution in [-0.4, -0.2) is 31.9 Å². The first kappa shape index (κ1) is 17.1. The SMILES string of the molecule is C=C(C)CC(C/C=C/C1CCC1=O)(C(=O)OC)C(=O)OC. The maximum Gasteiger partial charge on any atom is 0.323 e. The molecule has 0 amide bonds. The van der Waals surface area contributed by atoms with Crippen molar-refractivity contribution in [1.82, 2.24) is 0 Å². The lowest BCUT2D eigenvalue weighted by molar-refractivity contribution is -0.168. The van der Waals surface area contributed by atoms with Crippen molar-refractivity contribution in [1.29, 1.82) is 0 Å². The molecular formula is C16H22O5. The van der Waals surface area contributed by atoms with E-state index in [1.807, 2.05) is 0 Å². The third-order valence-corrected chi connectivity index (χ3v) is 3.71. The average Bonchev–Trinajstić information content (AvgIpc) is 2.46. The van der Waals surface area contributed by atoms with Gasteiger partial charge in [0, 0.05) is 12.3 Å². The van der Waals surface area contributed by atoms with Gasteiger partial charge in [-0.25, -0.2) is 0 Å². The molecule has 0 saturated heterocycles. The van der Waals surface area contributed by atoms with E-state index < -0.39 is 17.4 Å². The first-order valence-corrected chi connectivity index (χ1v) is 6.88. The Kier molecular flexibility index (Phi) is 5.88. The summed E-state index contributed by atoms with van der Waals surface area (Å²) in [5, 5.41) is 0. The molecule has 1 unspecified atom stereocenters. The number of hydrogen-bond acceptors (Lipinski definition) is 5. The van der Waals surface area contributed by atoms with Crippen molar-refractivity contribution in [3.63, 3.8) is 0 Å². The zero-order valence-corrected chi connectivity index (χ0v) is 12.8. The van der Waals surface area contributed by atoms with Gasteiger partial charge in [-0.2, -0.15) is 0 Å². The van der Waals surface area contributed by atoms with Crippen LogP contribution in [0.1, 0.15) is 32.6 Å². The summed E-state index contributed by atoms with van der Waals surface area (Å²) in [6.07, 6.45) is 5.14. The Morgan fingerprint density at radius 1 is 1.33 bits per heavy atom. The Labute approximate surface area is 125 Å². The fourth-order valence-electron chi connectivity index (χ4n) is 2.44. The van der Waals surface area contributed by atoms with E-state index in [0.717, 1.165) is 6.42 Å². The van der Waals surface area contributed by atoms with Crippen LogP contribution in [0.5, 0.6) is 0 Å². The second-order valence-corrected chi connectivity index (χ2v) is 5.44. The van der Waals surface area contributed by atoms with Gasteiger partial charge in [-0.05, 0) is 26.2 Å². The summed E-state index contributed by atoms with van der Waals surface area (Å²) in [6, 6.07) is 0. The van der Waals surface area contributed by atoms with E-state index in [1.165, 1.54) is 14.2 Å². The van der Waals surface area contributed by atoms with Crippen LogP contribution in [0, 0.1) is 11.3 Å². The molecule has 0 aromatic heterocycles. The molecule has 0 N–H and O–H groups in total. The number of allylic oxidation sites excluding steroid dienone is 3. The normalized spacial score (nSPS) is 18.2. The summed E-state index contributed by atoms with van der Waals surface area (Å²) < 4.78 is 9.55. The van der Waals surface area contributed by atoms with Crippen molar-refractivity contribution in [2.45, 2.75) is 32.6 Å². The van der Waals surface area contributed by atoms with Gasteiger partial charge in [0.15, 0.2) is 5.41 Å². The summed E-state index contributed by atoms with van der Waals surface area (Å²) in [5.41, 5.74) is -0.752. The summed E-state index contributed by atoms with van der Waals surface area (Å²) in [4.78, 5) is 35.6. The van der Waals surface area contributed by atoms with Gasteiger partial charge in [0.2, 0.25) is 0 Å². The number of esters is 2. The minimum absolute atomic E-state index is 0.0946. The van der Waals surface area contributed by atoms with Crippen molar-refractivity contribution in [3.8, 4) is 0 Å². The van der Waals surface area contributed by atoms with E-state index in [1.54, 1.807) is 19.1 Å². The van der Waals surface area contributed by atoms with E-state index in [-0.39, 0.29) is 24.5 Å². The monoisotopic (exact) mass is 294 g/mol. The molecule has 1 atom stereocenters. The number of ether oxygens (including phenoxy) is 2. The van der Waals surface area contributed by atoms with Gasteiger partial charge in [-0.1, -0.05) is 17.7 Å². The number of Topliss-reactive ketones (excluding diaryl/α,β-unsaturated/α-hetero) is 1. The minimum atomic E-state index is -1.43.